The van der Waals surface area contributed by atoms with E-state index in [2.05, 4.69) is 46.1 Å². The first-order chi connectivity index (χ1) is 34.5. The molecule has 2 aliphatic carbocycles. The van der Waals surface area contributed by atoms with Crippen LogP contribution in [0.5, 0.6) is 11.5 Å². The smallest absolute Gasteiger partial charge is 0.329 e. The van der Waals surface area contributed by atoms with Gasteiger partial charge in [-0.05, 0) is 140 Å². The highest BCUT2D eigenvalue weighted by atomic mass is 32.2. The fourth-order valence-electron chi connectivity index (χ4n) is 10.4. The highest BCUT2D eigenvalue weighted by Crippen LogP contribution is 2.30. The van der Waals surface area contributed by atoms with Crippen molar-refractivity contribution in [3.8, 4) is 11.5 Å². The number of methoxy groups -OCH3 is 2. The van der Waals surface area contributed by atoms with Gasteiger partial charge in [-0.3, -0.25) is 14.6 Å². The maximum absolute atomic E-state index is 13.1. The van der Waals surface area contributed by atoms with E-state index in [0.717, 1.165) is 61.8 Å². The van der Waals surface area contributed by atoms with Crippen LogP contribution < -0.4 is 14.8 Å². The Labute approximate surface area is 445 Å². The molecule has 2 saturated carbocycles. The molecule has 0 radical (unpaired) electrons. The number of aliphatic carboxylic acids is 1. The van der Waals surface area contributed by atoms with Gasteiger partial charge in [0, 0.05) is 111 Å². The Morgan fingerprint density at radius 3 is 1.42 bits per heavy atom. The van der Waals surface area contributed by atoms with Crippen molar-refractivity contribution in [1.82, 2.24) is 38.4 Å². The lowest BCUT2D eigenvalue weighted by Crippen LogP contribution is -2.52. The summed E-state index contributed by atoms with van der Waals surface area (Å²) in [6.07, 6.45) is 9.92. The molecule has 4 fully saturated rings. The molecule has 0 spiro atoms. The van der Waals surface area contributed by atoms with Crippen molar-refractivity contribution in [2.45, 2.75) is 120 Å². The standard InChI is InChI=1S/C26H44N4O5S.C14H21NO6S.C12H25N3.CH4/c1-20-16-24(34-6)17-21(2)26(20)36(32,33)28(4)14-15-35-19-25(31)29(5)22-8-7-9-23(18-22)30-12-10-27(3)11-13-30;1-10-7-12(20-4)8-11(2)14(10)22(18,19)15(3)5-6-21-9-13(16)17;1-13-11-4-3-5-12(10-11)15-8-6-14(2)7-9-15;/h16-17,22-23H,7-15,18-19H2,1-6H3;7-8H,5-6,9H2,1-4H3,(H,16,17);11-13H,3-10H2,1-2H3;1H4/t22-,23+;;11-,12+;/m1.1./s1. The second kappa shape index (κ2) is 31.1. The van der Waals surface area contributed by atoms with E-state index in [4.69, 9.17) is 24.1 Å². The number of nitrogens with one attached hydrogen (secondary N) is 1. The molecule has 4 atom stereocenters. The van der Waals surface area contributed by atoms with Gasteiger partial charge >= 0.3 is 5.97 Å². The van der Waals surface area contributed by atoms with Crippen LogP contribution in [0, 0.1) is 27.7 Å². The Balaban J connectivity index is 0.000000322. The lowest BCUT2D eigenvalue weighted by Gasteiger charge is -2.43. The number of carboxylic acid groups (broad SMARTS) is 1. The lowest BCUT2D eigenvalue weighted by atomic mass is 9.88. The Morgan fingerprint density at radius 1 is 0.635 bits per heavy atom. The van der Waals surface area contributed by atoms with Gasteiger partial charge in [-0.2, -0.15) is 8.61 Å². The number of carbonyl (C=O) groups is 2. The Hall–Kier alpha value is -3.48. The maximum Gasteiger partial charge on any atom is 0.329 e. The van der Waals surface area contributed by atoms with Gasteiger partial charge in [-0.1, -0.05) is 13.8 Å². The Bertz CT molecular complexity index is 2230. The number of benzene rings is 2. The highest BCUT2D eigenvalue weighted by molar-refractivity contribution is 7.89. The first kappa shape index (κ1) is 64.8. The number of rotatable bonds is 20. The largest absolute Gasteiger partial charge is 0.497 e. The van der Waals surface area contributed by atoms with Gasteiger partial charge in [-0.25, -0.2) is 21.6 Å². The molecule has 1 amide bonds. The number of nitrogens with zero attached hydrogens (tertiary/aromatic N) is 7. The first-order valence-electron chi connectivity index (χ1n) is 25.9. The molecule has 2 N–H and O–H groups in total. The van der Waals surface area contributed by atoms with Gasteiger partial charge in [0.2, 0.25) is 26.0 Å². The van der Waals surface area contributed by atoms with Gasteiger partial charge in [0.25, 0.3) is 0 Å². The van der Waals surface area contributed by atoms with Gasteiger partial charge in [-0.15, -0.1) is 0 Å². The van der Waals surface area contributed by atoms with E-state index in [9.17, 15) is 26.4 Å². The van der Waals surface area contributed by atoms with Crippen molar-refractivity contribution in [3.63, 3.8) is 0 Å². The average molecular weight is 1080 g/mol. The quantitative estimate of drug-likeness (QED) is 0.177. The van der Waals surface area contributed by atoms with E-state index in [-0.39, 0.29) is 62.1 Å². The second-order valence-electron chi connectivity index (χ2n) is 20.3. The summed E-state index contributed by atoms with van der Waals surface area (Å²) in [5.41, 5.74) is 2.46. The third-order valence-electron chi connectivity index (χ3n) is 15.0. The number of piperazine rings is 2. The molecular formula is C53H94N8O11S2. The molecule has 0 bridgehead atoms. The minimum Gasteiger partial charge on any atom is -0.497 e. The molecule has 0 unspecified atom stereocenters. The fourth-order valence-corrected chi connectivity index (χ4v) is 13.5. The zero-order valence-electron chi connectivity index (χ0n) is 46.2. The molecule has 2 aromatic carbocycles. The predicted molar refractivity (Wildman–Crippen MR) is 293 cm³/mol. The van der Waals surface area contributed by atoms with Crippen LogP contribution >= 0.6 is 0 Å². The lowest BCUT2D eigenvalue weighted by molar-refractivity contribution is -0.142. The molecule has 2 aromatic rings. The van der Waals surface area contributed by atoms with Crippen molar-refractivity contribution < 1.29 is 50.5 Å². The number of aryl methyl sites for hydroxylation is 4. The third kappa shape index (κ3) is 18.9. The minimum absolute atomic E-state index is 0. The molecule has 21 heteroatoms. The van der Waals surface area contributed by atoms with Gasteiger partial charge in [0.05, 0.1) is 37.2 Å². The number of likely N-dealkylation sites (N-methyl/N-ethyl adjacent to an activating group) is 5. The molecule has 4 aliphatic rings. The second-order valence-corrected chi connectivity index (χ2v) is 24.3. The van der Waals surface area contributed by atoms with Crippen LogP contribution in [0.3, 0.4) is 0 Å². The van der Waals surface area contributed by atoms with Crippen molar-refractivity contribution in [3.05, 3.63) is 46.5 Å². The normalized spacial score (nSPS) is 21.4. The minimum atomic E-state index is -3.69. The van der Waals surface area contributed by atoms with Crippen LogP contribution in [-0.4, -0.2) is 239 Å². The van der Waals surface area contributed by atoms with E-state index >= 15 is 0 Å². The van der Waals surface area contributed by atoms with Crippen LogP contribution in [0.15, 0.2) is 34.1 Å². The molecule has 2 aliphatic heterocycles. The van der Waals surface area contributed by atoms with E-state index < -0.39 is 32.6 Å². The van der Waals surface area contributed by atoms with Crippen LogP contribution in [0.4, 0.5) is 0 Å². The van der Waals surface area contributed by atoms with Gasteiger partial charge in [0.15, 0.2) is 0 Å². The number of hydrogen-bond acceptors (Lipinski definition) is 15. The molecule has 2 heterocycles. The van der Waals surface area contributed by atoms with Gasteiger partial charge < -0.3 is 44.1 Å². The summed E-state index contributed by atoms with van der Waals surface area (Å²) in [6, 6.07) is 9.15. The summed E-state index contributed by atoms with van der Waals surface area (Å²) < 4.78 is 74.8. The summed E-state index contributed by atoms with van der Waals surface area (Å²) in [5.74, 6) is 0.0884. The average Bonchev–Trinajstić information content (AvgIpc) is 3.36. The number of carbonyl (C=O) groups excluding carboxylic acids is 1. The summed E-state index contributed by atoms with van der Waals surface area (Å²) in [5, 5.41) is 11.9. The Kier molecular flexibility index (Phi) is 27.2. The zero-order valence-corrected chi connectivity index (χ0v) is 47.8. The fraction of sp³-hybridized carbons (Fsp3) is 0.736. The monoisotopic (exact) mass is 1080 g/mol. The van der Waals surface area contributed by atoms with Crippen LogP contribution in [0.25, 0.3) is 0 Å². The molecule has 0 aromatic heterocycles. The summed E-state index contributed by atoms with van der Waals surface area (Å²) in [6.45, 7) is 16.3. The van der Waals surface area contributed by atoms with Crippen LogP contribution in [0.2, 0.25) is 0 Å². The number of ether oxygens (including phenoxy) is 4. The Morgan fingerprint density at radius 2 is 1.03 bits per heavy atom. The number of sulfonamides is 2. The SMILES string of the molecule is C.CN[C@@H]1CCC[C@H](N2CCN(C)CC2)C1.COc1cc(C)c(S(=O)(=O)N(C)CCOCC(=O)N(C)[C@@H]2CCC[C@H](N3CCN(C)CC3)C2)c(C)c1.COc1cc(C)c(S(=O)(=O)N(C)CCOCC(=O)O)c(C)c1. The van der Waals surface area contributed by atoms with Crippen LogP contribution in [0.1, 0.15) is 81.0 Å². The predicted octanol–water partition coefficient (Wildman–Crippen LogP) is 4.40. The number of carboxylic acids is 1. The van der Waals surface area contributed by atoms with Gasteiger partial charge in [0.1, 0.15) is 24.7 Å². The van der Waals surface area contributed by atoms with Crippen molar-refractivity contribution in [1.29, 1.82) is 0 Å². The van der Waals surface area contributed by atoms with Crippen molar-refractivity contribution in [2.75, 3.05) is 148 Å². The summed E-state index contributed by atoms with van der Waals surface area (Å²) in [7, 11) is 7.07. The molecule has 74 heavy (non-hydrogen) atoms. The van der Waals surface area contributed by atoms with E-state index in [1.165, 1.54) is 83.8 Å². The topological polar surface area (TPSA) is 194 Å². The van der Waals surface area contributed by atoms with E-state index in [1.807, 2.05) is 11.9 Å². The number of amides is 1. The summed E-state index contributed by atoms with van der Waals surface area (Å²) in [4.78, 5) is 35.6. The molecule has 6 rings (SSSR count). The molecule has 2 saturated heterocycles. The van der Waals surface area contributed by atoms with Crippen LogP contribution in [-0.2, 0) is 39.1 Å². The molecular weight excluding hydrogens is 989 g/mol. The first-order valence-corrected chi connectivity index (χ1v) is 28.8. The maximum atomic E-state index is 13.1. The van der Waals surface area contributed by atoms with Crippen molar-refractivity contribution in [2.24, 2.45) is 0 Å². The van der Waals surface area contributed by atoms with Crippen molar-refractivity contribution >= 4 is 31.9 Å². The van der Waals surface area contributed by atoms with E-state index in [1.54, 1.807) is 59.1 Å². The number of hydrogen-bond donors (Lipinski definition) is 2. The summed E-state index contributed by atoms with van der Waals surface area (Å²) >= 11 is 0. The van der Waals surface area contributed by atoms with E-state index in [0.29, 0.717) is 39.8 Å². The highest BCUT2D eigenvalue weighted by Gasteiger charge is 2.33. The third-order valence-corrected chi connectivity index (χ3v) is 19.3. The zero-order chi connectivity index (χ0) is 54.0. The molecule has 19 nitrogen and oxygen atoms in total. The molecule has 424 valence electrons.